The van der Waals surface area contributed by atoms with Crippen molar-refractivity contribution in [3.05, 3.63) is 0 Å². The second-order valence-corrected chi connectivity index (χ2v) is 8.73. The maximum atomic E-state index is 11.0. The zero-order chi connectivity index (χ0) is 18.3. The van der Waals surface area contributed by atoms with Gasteiger partial charge in [-0.2, -0.15) is 0 Å². The van der Waals surface area contributed by atoms with E-state index in [2.05, 4.69) is 6.92 Å². The molecule has 0 saturated carbocycles. The van der Waals surface area contributed by atoms with E-state index < -0.39 is 15.4 Å². The first-order valence-electron chi connectivity index (χ1n) is 10.0. The molecule has 0 bridgehead atoms. The molecule has 0 rings (SSSR count). The summed E-state index contributed by atoms with van der Waals surface area (Å²) < 4.78 is 32.9. The number of rotatable bonds is 17. The summed E-state index contributed by atoms with van der Waals surface area (Å²) in [6.07, 6.45) is 15.4. The Balaban J connectivity index is 0. The zero-order valence-electron chi connectivity index (χ0n) is 16.8. The average Bonchev–Trinajstić information content (AvgIpc) is 2.51. The van der Waals surface area contributed by atoms with Crippen LogP contribution in [0.3, 0.4) is 0 Å². The average molecular weight is 387 g/mol. The second-order valence-electron chi connectivity index (χ2n) is 7.08. The first kappa shape index (κ1) is 28.1. The van der Waals surface area contributed by atoms with Crippen LogP contribution in [0, 0.1) is 0 Å². The van der Waals surface area contributed by atoms with E-state index >= 15 is 0 Å². The maximum Gasteiger partial charge on any atom is 1.00 e. The SMILES string of the molecule is CCCC(O)CCCCCCCCCCCCC(CC)S(=O)(=O)[O-].[Na+]. The van der Waals surface area contributed by atoms with Crippen molar-refractivity contribution in [3.8, 4) is 0 Å². The smallest absolute Gasteiger partial charge is 0.748 e. The predicted octanol–water partition coefficient (Wildman–Crippen LogP) is 2.16. The molecule has 146 valence electrons. The molecule has 0 spiro atoms. The van der Waals surface area contributed by atoms with Gasteiger partial charge in [0.05, 0.1) is 16.2 Å². The molecule has 0 aromatic heterocycles. The molecule has 0 aliphatic heterocycles. The van der Waals surface area contributed by atoms with Gasteiger partial charge in [-0.15, -0.1) is 0 Å². The normalized spacial score (nSPS) is 14.1. The third kappa shape index (κ3) is 18.0. The molecule has 2 unspecified atom stereocenters. The van der Waals surface area contributed by atoms with Gasteiger partial charge in [-0.25, -0.2) is 8.42 Å². The number of hydrogen-bond acceptors (Lipinski definition) is 4. The van der Waals surface area contributed by atoms with Crippen LogP contribution in [0.15, 0.2) is 0 Å². The van der Waals surface area contributed by atoms with Gasteiger partial charge < -0.3 is 9.66 Å². The molecule has 2 atom stereocenters. The van der Waals surface area contributed by atoms with Crippen molar-refractivity contribution < 1.29 is 47.6 Å². The van der Waals surface area contributed by atoms with Crippen molar-refractivity contribution in [3.63, 3.8) is 0 Å². The summed E-state index contributed by atoms with van der Waals surface area (Å²) in [5, 5.41) is 8.95. The van der Waals surface area contributed by atoms with Crippen molar-refractivity contribution in [1.82, 2.24) is 0 Å². The maximum absolute atomic E-state index is 11.0. The van der Waals surface area contributed by atoms with Crippen molar-refractivity contribution in [1.29, 1.82) is 0 Å². The molecular formula is C19H39NaO4S. The standard InChI is InChI=1S/C19H40O4S.Na/c1-3-15-18(20)16-13-11-9-7-5-6-8-10-12-14-17-19(4-2)24(21,22)23;/h18-20H,3-17H2,1-2H3,(H,21,22,23);/q;+1/p-1. The Morgan fingerprint density at radius 1 is 0.760 bits per heavy atom. The van der Waals surface area contributed by atoms with Gasteiger partial charge in [0.15, 0.2) is 0 Å². The summed E-state index contributed by atoms with van der Waals surface area (Å²) in [5.41, 5.74) is 0. The van der Waals surface area contributed by atoms with Crippen molar-refractivity contribution in [2.45, 2.75) is 122 Å². The van der Waals surface area contributed by atoms with E-state index in [0.717, 1.165) is 44.9 Å². The molecule has 6 heteroatoms. The van der Waals surface area contributed by atoms with E-state index in [9.17, 15) is 18.1 Å². The van der Waals surface area contributed by atoms with Gasteiger partial charge in [0.2, 0.25) is 0 Å². The fraction of sp³-hybridized carbons (Fsp3) is 1.00. The molecule has 0 aliphatic rings. The van der Waals surface area contributed by atoms with E-state index in [1.54, 1.807) is 6.92 Å². The van der Waals surface area contributed by atoms with Gasteiger partial charge >= 0.3 is 29.6 Å². The Bertz CT molecular complexity index is 374. The van der Waals surface area contributed by atoms with Crippen molar-refractivity contribution in [2.24, 2.45) is 0 Å². The molecule has 25 heavy (non-hydrogen) atoms. The van der Waals surface area contributed by atoms with E-state index in [4.69, 9.17) is 0 Å². The van der Waals surface area contributed by atoms with E-state index in [1.807, 2.05) is 0 Å². The van der Waals surface area contributed by atoms with Crippen LogP contribution < -0.4 is 29.6 Å². The summed E-state index contributed by atoms with van der Waals surface area (Å²) in [6.45, 7) is 3.88. The Kier molecular flexibility index (Phi) is 20.5. The van der Waals surface area contributed by atoms with Gasteiger partial charge in [0.1, 0.15) is 0 Å². The van der Waals surface area contributed by atoms with Gasteiger partial charge in [0.25, 0.3) is 0 Å². The molecule has 1 N–H and O–H groups in total. The Hall–Kier alpha value is 0.870. The number of hydrogen-bond donors (Lipinski definition) is 1. The van der Waals surface area contributed by atoms with Gasteiger partial charge in [0, 0.05) is 5.25 Å². The first-order chi connectivity index (χ1) is 11.4. The Morgan fingerprint density at radius 3 is 1.52 bits per heavy atom. The largest absolute Gasteiger partial charge is 1.00 e. The summed E-state index contributed by atoms with van der Waals surface area (Å²) in [6, 6.07) is 0. The number of unbranched alkanes of at least 4 members (excludes halogenated alkanes) is 9. The third-order valence-electron chi connectivity index (χ3n) is 4.80. The van der Waals surface area contributed by atoms with Crippen LogP contribution in [0.4, 0.5) is 0 Å². The third-order valence-corrected chi connectivity index (χ3v) is 6.18. The molecule has 4 nitrogen and oxygen atoms in total. The molecule has 0 aromatic rings. The monoisotopic (exact) mass is 386 g/mol. The number of aliphatic hydroxyl groups excluding tert-OH is 1. The quantitative estimate of drug-likeness (QED) is 0.236. The van der Waals surface area contributed by atoms with Crippen LogP contribution in [-0.4, -0.2) is 29.4 Å². The van der Waals surface area contributed by atoms with E-state index in [-0.39, 0.29) is 35.7 Å². The van der Waals surface area contributed by atoms with Crippen molar-refractivity contribution >= 4 is 10.1 Å². The topological polar surface area (TPSA) is 77.4 Å². The molecule has 0 saturated heterocycles. The van der Waals surface area contributed by atoms with Crippen LogP contribution in [0.25, 0.3) is 0 Å². The minimum Gasteiger partial charge on any atom is -0.748 e. The molecule has 0 fully saturated rings. The number of aliphatic hydroxyl groups is 1. The van der Waals surface area contributed by atoms with Crippen molar-refractivity contribution in [2.75, 3.05) is 0 Å². The molecule has 0 aliphatic carbocycles. The Morgan fingerprint density at radius 2 is 1.16 bits per heavy atom. The Labute approximate surface area is 178 Å². The first-order valence-corrected chi connectivity index (χ1v) is 11.5. The molecule has 0 aromatic carbocycles. The summed E-state index contributed by atoms with van der Waals surface area (Å²) in [4.78, 5) is 0. The molecule has 0 amide bonds. The zero-order valence-corrected chi connectivity index (χ0v) is 19.7. The second kappa shape index (κ2) is 18.2. The van der Waals surface area contributed by atoms with Crippen LogP contribution in [-0.2, 0) is 10.1 Å². The summed E-state index contributed by atoms with van der Waals surface area (Å²) in [5.74, 6) is 0. The molecular weight excluding hydrogens is 347 g/mol. The van der Waals surface area contributed by atoms with Crippen LogP contribution >= 0.6 is 0 Å². The van der Waals surface area contributed by atoms with Crippen LogP contribution in [0.5, 0.6) is 0 Å². The van der Waals surface area contributed by atoms with Crippen LogP contribution in [0.1, 0.15) is 110 Å². The fourth-order valence-electron chi connectivity index (χ4n) is 3.20. The van der Waals surface area contributed by atoms with E-state index in [1.165, 1.54) is 38.5 Å². The van der Waals surface area contributed by atoms with Gasteiger partial charge in [-0.3, -0.25) is 0 Å². The van der Waals surface area contributed by atoms with Gasteiger partial charge in [-0.1, -0.05) is 84.5 Å². The summed E-state index contributed by atoms with van der Waals surface area (Å²) in [7, 11) is -4.10. The fourth-order valence-corrected chi connectivity index (χ4v) is 4.06. The molecule has 0 heterocycles. The van der Waals surface area contributed by atoms with E-state index in [0.29, 0.717) is 12.8 Å². The summed E-state index contributed by atoms with van der Waals surface area (Å²) >= 11 is 0. The molecule has 0 radical (unpaired) electrons. The minimum atomic E-state index is -4.10. The predicted molar refractivity (Wildman–Crippen MR) is 100 cm³/mol. The minimum absolute atomic E-state index is 0. The van der Waals surface area contributed by atoms with Crippen LogP contribution in [0.2, 0.25) is 0 Å². The van der Waals surface area contributed by atoms with Gasteiger partial charge in [-0.05, 0) is 25.7 Å².